The van der Waals surface area contributed by atoms with Gasteiger partial charge in [0.05, 0.1) is 12.9 Å². The molecule has 1 saturated heterocycles. The van der Waals surface area contributed by atoms with Gasteiger partial charge in [-0.05, 0) is 19.1 Å². The molecule has 0 radical (unpaired) electrons. The predicted octanol–water partition coefficient (Wildman–Crippen LogP) is 0.707. The molecule has 1 unspecified atom stereocenters. The van der Waals surface area contributed by atoms with Gasteiger partial charge in [0.2, 0.25) is 0 Å². The van der Waals surface area contributed by atoms with Crippen LogP contribution in [-0.4, -0.2) is 74.0 Å². The number of methoxy groups -OCH3 is 1. The zero-order valence-corrected chi connectivity index (χ0v) is 17.0. The van der Waals surface area contributed by atoms with E-state index >= 15 is 0 Å². The highest BCUT2D eigenvalue weighted by atomic mass is 16.7. The minimum absolute atomic E-state index is 0.234. The van der Waals surface area contributed by atoms with Crippen LogP contribution in [0.4, 0.5) is 5.82 Å². The van der Waals surface area contributed by atoms with Crippen molar-refractivity contribution in [2.75, 3.05) is 19.0 Å². The number of anilines is 1. The Bertz CT molecular complexity index is 1040. The lowest BCUT2D eigenvalue weighted by molar-refractivity contribution is -0.181. The summed E-state index contributed by atoms with van der Waals surface area (Å²) in [5.41, 5.74) is 1.19. The first-order chi connectivity index (χ1) is 15.0. The fourth-order valence-corrected chi connectivity index (χ4v) is 3.42. The number of imidazole rings is 1. The molecule has 1 aliphatic rings. The van der Waals surface area contributed by atoms with E-state index in [9.17, 15) is 15.0 Å². The van der Waals surface area contributed by atoms with E-state index in [2.05, 4.69) is 20.3 Å². The summed E-state index contributed by atoms with van der Waals surface area (Å²) < 4.78 is 18.3. The number of nitrogens with one attached hydrogen (secondary N) is 1. The minimum Gasteiger partial charge on any atom is -0.394 e. The highest BCUT2D eigenvalue weighted by molar-refractivity contribution is 6.06. The molecule has 0 spiro atoms. The van der Waals surface area contributed by atoms with E-state index in [-0.39, 0.29) is 18.3 Å². The largest absolute Gasteiger partial charge is 0.394 e. The molecule has 1 aromatic carbocycles. The van der Waals surface area contributed by atoms with Gasteiger partial charge in [0, 0.05) is 12.7 Å². The van der Waals surface area contributed by atoms with Crippen LogP contribution >= 0.6 is 0 Å². The molecule has 3 aromatic rings. The zero-order valence-electron chi connectivity index (χ0n) is 17.0. The lowest BCUT2D eigenvalue weighted by Crippen LogP contribution is -2.37. The van der Waals surface area contributed by atoms with Crippen LogP contribution < -0.4 is 5.32 Å². The van der Waals surface area contributed by atoms with Gasteiger partial charge >= 0.3 is 0 Å². The zero-order chi connectivity index (χ0) is 22.0. The van der Waals surface area contributed by atoms with Crippen molar-refractivity contribution in [3.05, 3.63) is 48.5 Å². The molecule has 11 heteroatoms. The monoisotopic (exact) mass is 429 g/mol. The molecular formula is C20H23N5O6. The maximum absolute atomic E-state index is 12.5. The number of benzene rings is 1. The Morgan fingerprint density at radius 3 is 2.77 bits per heavy atom. The molecule has 1 fully saturated rings. The first-order valence-corrected chi connectivity index (χ1v) is 9.70. The van der Waals surface area contributed by atoms with E-state index in [1.165, 1.54) is 19.8 Å². The number of rotatable bonds is 7. The standard InChI is InChI=1S/C20H23N5O6/c1-11(29-2)30-16-15(27)13(8-26)31-20(16)25-10-23-14-17(21-9-22-18(14)25)24-19(28)12-6-4-3-5-7-12/h3-7,9-11,13,15-16,20,26-27H,8H2,1-2H3,(H,21,22,24,28)/t11?,13-,15-,16-,20-/m1/s1. The SMILES string of the molecule is COC(C)O[C@@H]1[C@H](O)[C@@H](CO)O[C@H]1n1cnc2c(NC(=O)c3ccccc3)ncnc21. The van der Waals surface area contributed by atoms with E-state index in [1.54, 1.807) is 35.8 Å². The summed E-state index contributed by atoms with van der Waals surface area (Å²) >= 11 is 0. The molecule has 0 bridgehead atoms. The smallest absolute Gasteiger partial charge is 0.256 e. The summed E-state index contributed by atoms with van der Waals surface area (Å²) in [7, 11) is 1.48. The fraction of sp³-hybridized carbons (Fsp3) is 0.400. The molecule has 5 atom stereocenters. The number of nitrogens with zero attached hydrogens (tertiary/aromatic N) is 4. The van der Waals surface area contributed by atoms with Crippen LogP contribution in [0.1, 0.15) is 23.5 Å². The Labute approximate surface area is 177 Å². The van der Waals surface area contributed by atoms with E-state index in [0.717, 1.165) is 0 Å². The molecule has 0 saturated carbocycles. The van der Waals surface area contributed by atoms with Crippen molar-refractivity contribution in [2.24, 2.45) is 0 Å². The molecule has 164 valence electrons. The van der Waals surface area contributed by atoms with Crippen LogP contribution in [0.3, 0.4) is 0 Å². The Balaban J connectivity index is 1.65. The number of hydrogen-bond acceptors (Lipinski definition) is 9. The summed E-state index contributed by atoms with van der Waals surface area (Å²) in [5.74, 6) is -0.101. The molecule has 1 amide bonds. The van der Waals surface area contributed by atoms with Gasteiger partial charge in [0.1, 0.15) is 24.6 Å². The van der Waals surface area contributed by atoms with Crippen molar-refractivity contribution in [3.8, 4) is 0 Å². The fourth-order valence-electron chi connectivity index (χ4n) is 3.42. The average Bonchev–Trinajstić information content (AvgIpc) is 3.36. The molecule has 3 heterocycles. The molecular weight excluding hydrogens is 406 g/mol. The van der Waals surface area contributed by atoms with Crippen molar-refractivity contribution in [3.63, 3.8) is 0 Å². The van der Waals surface area contributed by atoms with Gasteiger partial charge in [0.25, 0.3) is 5.91 Å². The first-order valence-electron chi connectivity index (χ1n) is 9.70. The van der Waals surface area contributed by atoms with E-state index in [4.69, 9.17) is 14.2 Å². The molecule has 31 heavy (non-hydrogen) atoms. The Kier molecular flexibility index (Phi) is 6.20. The predicted molar refractivity (Wildman–Crippen MR) is 108 cm³/mol. The second-order valence-corrected chi connectivity index (χ2v) is 7.01. The Hall–Kier alpha value is -2.96. The maximum atomic E-state index is 12.5. The van der Waals surface area contributed by atoms with Crippen molar-refractivity contribution in [1.29, 1.82) is 0 Å². The summed E-state index contributed by atoms with van der Waals surface area (Å²) in [5, 5.41) is 22.8. The van der Waals surface area contributed by atoms with Crippen molar-refractivity contribution < 1.29 is 29.2 Å². The molecule has 1 aliphatic heterocycles. The van der Waals surface area contributed by atoms with Crippen molar-refractivity contribution in [2.45, 2.75) is 37.8 Å². The van der Waals surface area contributed by atoms with E-state index in [1.807, 2.05) is 6.07 Å². The number of aliphatic hydroxyl groups excluding tert-OH is 2. The highest BCUT2D eigenvalue weighted by Gasteiger charge is 2.46. The third-order valence-corrected chi connectivity index (χ3v) is 5.07. The maximum Gasteiger partial charge on any atom is 0.256 e. The number of fused-ring (bicyclic) bond motifs is 1. The van der Waals surface area contributed by atoms with Crippen LogP contribution in [0.15, 0.2) is 43.0 Å². The van der Waals surface area contributed by atoms with Gasteiger partial charge in [-0.1, -0.05) is 18.2 Å². The topological polar surface area (TPSA) is 141 Å². The number of carbonyl (C=O) groups is 1. The minimum atomic E-state index is -1.09. The highest BCUT2D eigenvalue weighted by Crippen LogP contribution is 2.34. The molecule has 3 N–H and O–H groups in total. The summed E-state index contributed by atoms with van der Waals surface area (Å²) in [6.07, 6.45) is -1.48. The van der Waals surface area contributed by atoms with Crippen molar-refractivity contribution in [1.82, 2.24) is 19.5 Å². The Morgan fingerprint density at radius 1 is 1.29 bits per heavy atom. The summed E-state index contributed by atoms with van der Waals surface area (Å²) in [6.45, 7) is 1.29. The normalized spacial score (nSPS) is 24.4. The lowest BCUT2D eigenvalue weighted by Gasteiger charge is -2.24. The van der Waals surface area contributed by atoms with Crippen LogP contribution in [0.2, 0.25) is 0 Å². The number of carbonyl (C=O) groups excluding carboxylic acids is 1. The second-order valence-electron chi connectivity index (χ2n) is 7.01. The van der Waals surface area contributed by atoms with Gasteiger partial charge in [-0.25, -0.2) is 15.0 Å². The Morgan fingerprint density at radius 2 is 2.06 bits per heavy atom. The van der Waals surface area contributed by atoms with E-state index < -0.39 is 30.8 Å². The van der Waals surface area contributed by atoms with Gasteiger partial charge < -0.3 is 29.7 Å². The van der Waals surface area contributed by atoms with Crippen LogP contribution in [0.5, 0.6) is 0 Å². The van der Waals surface area contributed by atoms with E-state index in [0.29, 0.717) is 16.7 Å². The first kappa shape index (κ1) is 21.3. The number of ether oxygens (including phenoxy) is 3. The van der Waals surface area contributed by atoms with Gasteiger partial charge in [-0.15, -0.1) is 0 Å². The molecule has 2 aromatic heterocycles. The number of aromatic nitrogens is 4. The quantitative estimate of drug-likeness (QED) is 0.463. The van der Waals surface area contributed by atoms with Gasteiger partial charge in [0.15, 0.2) is 29.5 Å². The molecule has 0 aliphatic carbocycles. The van der Waals surface area contributed by atoms with Gasteiger partial charge in [-0.2, -0.15) is 0 Å². The van der Waals surface area contributed by atoms with Crippen LogP contribution in [-0.2, 0) is 14.2 Å². The van der Waals surface area contributed by atoms with Crippen LogP contribution in [0, 0.1) is 0 Å². The third kappa shape index (κ3) is 4.13. The molecule has 11 nitrogen and oxygen atoms in total. The van der Waals surface area contributed by atoms with Crippen LogP contribution in [0.25, 0.3) is 11.2 Å². The molecule has 4 rings (SSSR count). The number of aliphatic hydroxyl groups is 2. The van der Waals surface area contributed by atoms with Gasteiger partial charge in [-0.3, -0.25) is 9.36 Å². The lowest BCUT2D eigenvalue weighted by atomic mass is 10.1. The number of hydrogen-bond donors (Lipinski definition) is 3. The average molecular weight is 429 g/mol. The number of amides is 1. The van der Waals surface area contributed by atoms with Crippen molar-refractivity contribution >= 4 is 22.9 Å². The summed E-state index contributed by atoms with van der Waals surface area (Å²) in [6, 6.07) is 8.73. The summed E-state index contributed by atoms with van der Waals surface area (Å²) in [4.78, 5) is 25.3. The second kappa shape index (κ2) is 9.04. The third-order valence-electron chi connectivity index (χ3n) is 5.07.